The first-order valence-corrected chi connectivity index (χ1v) is 9.02. The number of nitrogens with zero attached hydrogens (tertiary/aromatic N) is 1. The van der Waals surface area contributed by atoms with E-state index in [2.05, 4.69) is 5.32 Å². The lowest BCUT2D eigenvalue weighted by Crippen LogP contribution is -2.54. The second-order valence-electron chi connectivity index (χ2n) is 6.03. The number of fused-ring (bicyclic) bond motifs is 1. The molecule has 1 aromatic carbocycles. The van der Waals surface area contributed by atoms with Crippen LogP contribution in [0.25, 0.3) is 6.08 Å². The lowest BCUT2D eigenvalue weighted by molar-refractivity contribution is -0.135. The van der Waals surface area contributed by atoms with Crippen LogP contribution in [0.1, 0.15) is 31.2 Å². The Morgan fingerprint density at radius 1 is 1.30 bits per heavy atom. The van der Waals surface area contributed by atoms with Gasteiger partial charge < -0.3 is 10.2 Å². The molecule has 5 heteroatoms. The van der Waals surface area contributed by atoms with Gasteiger partial charge in [0.1, 0.15) is 6.54 Å². The topological polar surface area (TPSA) is 49.4 Å². The average Bonchev–Trinajstić information content (AvgIpc) is 2.59. The molecule has 122 valence electrons. The second-order valence-corrected chi connectivity index (χ2v) is 7.31. The molecule has 0 bridgehead atoms. The van der Waals surface area contributed by atoms with Gasteiger partial charge in [0.05, 0.1) is 4.91 Å². The Balaban J connectivity index is 1.88. The van der Waals surface area contributed by atoms with Crippen molar-refractivity contribution >= 4 is 29.7 Å². The summed E-state index contributed by atoms with van der Waals surface area (Å²) in [5, 5.41) is 3.04. The van der Waals surface area contributed by atoms with Crippen molar-refractivity contribution < 1.29 is 9.59 Å². The van der Waals surface area contributed by atoms with Crippen molar-refractivity contribution in [3.63, 3.8) is 0 Å². The predicted molar refractivity (Wildman–Crippen MR) is 93.8 cm³/mol. The smallest absolute Gasteiger partial charge is 0.261 e. The van der Waals surface area contributed by atoms with Gasteiger partial charge in [-0.2, -0.15) is 0 Å². The van der Waals surface area contributed by atoms with E-state index in [0.29, 0.717) is 5.25 Å². The summed E-state index contributed by atoms with van der Waals surface area (Å²) in [4.78, 5) is 27.3. The summed E-state index contributed by atoms with van der Waals surface area (Å²) in [5.41, 5.74) is 1.03. The summed E-state index contributed by atoms with van der Waals surface area (Å²) in [6.07, 6.45) is 6.40. The van der Waals surface area contributed by atoms with Crippen LogP contribution in [0.5, 0.6) is 0 Å². The van der Waals surface area contributed by atoms with E-state index < -0.39 is 0 Å². The average molecular weight is 330 g/mol. The highest BCUT2D eigenvalue weighted by Crippen LogP contribution is 2.41. The standard InChI is InChI=1S/C18H22N2O2S/c1-19-17(21)12-20-14-9-5-6-10-15(14)23-16(18(20)22)11-13-7-3-2-4-8-13/h2-4,7-8,11,14-15H,5-6,9-10,12H2,1H3,(H,19,21)/b16-11-. The lowest BCUT2D eigenvalue weighted by Gasteiger charge is -2.43. The van der Waals surface area contributed by atoms with Gasteiger partial charge in [0.2, 0.25) is 5.91 Å². The van der Waals surface area contributed by atoms with Gasteiger partial charge in [0.25, 0.3) is 5.91 Å². The van der Waals surface area contributed by atoms with Crippen LogP contribution < -0.4 is 5.32 Å². The largest absolute Gasteiger partial charge is 0.358 e. The van der Waals surface area contributed by atoms with Crippen molar-refractivity contribution in [1.29, 1.82) is 0 Å². The van der Waals surface area contributed by atoms with E-state index >= 15 is 0 Å². The molecule has 0 radical (unpaired) electrons. The molecule has 1 aromatic rings. The molecule has 0 aromatic heterocycles. The fourth-order valence-corrected chi connectivity index (χ4v) is 4.77. The number of rotatable bonds is 3. The Kier molecular flexibility index (Phi) is 5.06. The molecule has 1 heterocycles. The molecule has 1 aliphatic carbocycles. The molecule has 2 fully saturated rings. The molecule has 1 aliphatic heterocycles. The van der Waals surface area contributed by atoms with Crippen LogP contribution in [0.2, 0.25) is 0 Å². The number of nitrogens with one attached hydrogen (secondary N) is 1. The third kappa shape index (κ3) is 3.61. The third-order valence-electron chi connectivity index (χ3n) is 4.51. The van der Waals surface area contributed by atoms with Gasteiger partial charge in [-0.15, -0.1) is 11.8 Å². The Labute approximate surface area is 141 Å². The molecule has 1 N–H and O–H groups in total. The van der Waals surface area contributed by atoms with Crippen molar-refractivity contribution in [2.75, 3.05) is 13.6 Å². The number of carbonyl (C=O) groups is 2. The van der Waals surface area contributed by atoms with Crippen LogP contribution in [0.3, 0.4) is 0 Å². The first kappa shape index (κ1) is 16.1. The zero-order valence-electron chi connectivity index (χ0n) is 13.3. The highest BCUT2D eigenvalue weighted by atomic mass is 32.2. The van der Waals surface area contributed by atoms with Crippen LogP contribution in [0.4, 0.5) is 0 Å². The zero-order chi connectivity index (χ0) is 16.2. The van der Waals surface area contributed by atoms with E-state index in [9.17, 15) is 9.59 Å². The molecule has 2 aliphatic rings. The SMILES string of the molecule is CNC(=O)CN1C(=O)/C(=C/c2ccccc2)SC2CCCCC21. The Bertz CT molecular complexity index is 615. The summed E-state index contributed by atoms with van der Waals surface area (Å²) in [6, 6.07) is 10.1. The number of hydrogen-bond acceptors (Lipinski definition) is 3. The zero-order valence-corrected chi connectivity index (χ0v) is 14.1. The fraction of sp³-hybridized carbons (Fsp3) is 0.444. The molecule has 3 rings (SSSR count). The molecule has 2 amide bonds. The Morgan fingerprint density at radius 3 is 2.78 bits per heavy atom. The minimum Gasteiger partial charge on any atom is -0.358 e. The van der Waals surface area contributed by atoms with Crippen molar-refractivity contribution in [2.24, 2.45) is 0 Å². The highest BCUT2D eigenvalue weighted by molar-refractivity contribution is 8.04. The number of thioether (sulfide) groups is 1. The van der Waals surface area contributed by atoms with Gasteiger partial charge in [-0.1, -0.05) is 43.2 Å². The third-order valence-corrected chi connectivity index (χ3v) is 5.91. The minimum atomic E-state index is -0.103. The van der Waals surface area contributed by atoms with Gasteiger partial charge in [0.15, 0.2) is 0 Å². The van der Waals surface area contributed by atoms with E-state index in [-0.39, 0.29) is 24.4 Å². The number of hydrogen-bond donors (Lipinski definition) is 1. The molecule has 2 atom stereocenters. The van der Waals surface area contributed by atoms with Gasteiger partial charge in [-0.05, 0) is 24.5 Å². The first-order valence-electron chi connectivity index (χ1n) is 8.14. The van der Waals surface area contributed by atoms with Crippen LogP contribution in [0.15, 0.2) is 35.2 Å². The molecular weight excluding hydrogens is 308 g/mol. The second kappa shape index (κ2) is 7.21. The summed E-state index contributed by atoms with van der Waals surface area (Å²) in [6.45, 7) is 0.156. The maximum Gasteiger partial charge on any atom is 0.261 e. The quantitative estimate of drug-likeness (QED) is 0.867. The Morgan fingerprint density at radius 2 is 2.04 bits per heavy atom. The maximum absolute atomic E-state index is 12.9. The maximum atomic E-state index is 12.9. The molecule has 2 unspecified atom stereocenters. The molecule has 1 saturated heterocycles. The van der Waals surface area contributed by atoms with Crippen LogP contribution in [-0.4, -0.2) is 41.6 Å². The number of carbonyl (C=O) groups excluding carboxylic acids is 2. The molecule has 23 heavy (non-hydrogen) atoms. The normalized spacial score (nSPS) is 26.0. The molecule has 0 spiro atoms. The summed E-state index contributed by atoms with van der Waals surface area (Å²) < 4.78 is 0. The van der Waals surface area contributed by atoms with E-state index in [4.69, 9.17) is 0 Å². The number of benzene rings is 1. The van der Waals surface area contributed by atoms with E-state index in [1.54, 1.807) is 23.7 Å². The van der Waals surface area contributed by atoms with Gasteiger partial charge in [-0.3, -0.25) is 9.59 Å². The van der Waals surface area contributed by atoms with Crippen molar-refractivity contribution in [2.45, 2.75) is 37.0 Å². The van der Waals surface area contributed by atoms with Crippen molar-refractivity contribution in [3.8, 4) is 0 Å². The van der Waals surface area contributed by atoms with Crippen molar-refractivity contribution in [1.82, 2.24) is 10.2 Å². The predicted octanol–water partition coefficient (Wildman–Crippen LogP) is 2.66. The van der Waals surface area contributed by atoms with Crippen LogP contribution in [-0.2, 0) is 9.59 Å². The Hall–Kier alpha value is -1.75. The number of likely N-dealkylation sites (N-methyl/N-ethyl adjacent to an activating group) is 1. The van der Waals surface area contributed by atoms with Crippen LogP contribution in [0, 0.1) is 0 Å². The summed E-state index contributed by atoms with van der Waals surface area (Å²) in [5.74, 6) is -0.112. The van der Waals surface area contributed by atoms with Crippen molar-refractivity contribution in [3.05, 3.63) is 40.8 Å². The molecule has 4 nitrogen and oxygen atoms in total. The summed E-state index contributed by atoms with van der Waals surface area (Å²) in [7, 11) is 1.62. The minimum absolute atomic E-state index is 0.00870. The van der Waals surface area contributed by atoms with E-state index in [0.717, 1.165) is 29.7 Å². The first-order chi connectivity index (χ1) is 11.2. The highest BCUT2D eigenvalue weighted by Gasteiger charge is 2.40. The van der Waals surface area contributed by atoms with Crippen LogP contribution >= 0.6 is 11.8 Å². The van der Waals surface area contributed by atoms with Gasteiger partial charge in [-0.25, -0.2) is 0 Å². The van der Waals surface area contributed by atoms with Gasteiger partial charge in [0, 0.05) is 18.3 Å². The van der Waals surface area contributed by atoms with E-state index in [1.165, 1.54) is 6.42 Å². The fourth-order valence-electron chi connectivity index (χ4n) is 3.30. The monoisotopic (exact) mass is 330 g/mol. The van der Waals surface area contributed by atoms with Gasteiger partial charge >= 0.3 is 0 Å². The molecular formula is C18H22N2O2S. The summed E-state index contributed by atoms with van der Waals surface area (Å²) >= 11 is 1.69. The number of amides is 2. The molecule has 1 saturated carbocycles. The van der Waals surface area contributed by atoms with E-state index in [1.807, 2.05) is 36.4 Å². The lowest BCUT2D eigenvalue weighted by atomic mass is 9.93.